The molecule has 1 aromatic heterocycles. The summed E-state index contributed by atoms with van der Waals surface area (Å²) in [6, 6.07) is 7.44. The maximum Gasteiger partial charge on any atom is 0.331 e. The van der Waals surface area contributed by atoms with Crippen LogP contribution in [-0.4, -0.2) is 45.3 Å². The molecule has 1 saturated heterocycles. The van der Waals surface area contributed by atoms with Gasteiger partial charge in [0.05, 0.1) is 17.7 Å². The van der Waals surface area contributed by atoms with Gasteiger partial charge in [-0.05, 0) is 57.5 Å². The zero-order valence-electron chi connectivity index (χ0n) is 17.7. The first kappa shape index (κ1) is 23.0. The third kappa shape index (κ3) is 5.51. The first-order chi connectivity index (χ1) is 14.7. The van der Waals surface area contributed by atoms with Gasteiger partial charge in [0.15, 0.2) is 6.29 Å². The lowest BCUT2D eigenvalue weighted by Gasteiger charge is -2.42. The van der Waals surface area contributed by atoms with Gasteiger partial charge in [-0.25, -0.2) is 19.5 Å². The average molecular weight is 466 g/mol. The van der Waals surface area contributed by atoms with Crippen molar-refractivity contribution in [3.05, 3.63) is 52.3 Å². The van der Waals surface area contributed by atoms with Crippen LogP contribution in [0.3, 0.4) is 0 Å². The fraction of sp³-hybridized carbons (Fsp3) is 0.381. The molecule has 0 saturated carbocycles. The maximum absolute atomic E-state index is 13.2. The number of nitrogens with zero attached hydrogens (tertiary/aromatic N) is 3. The van der Waals surface area contributed by atoms with E-state index in [0.29, 0.717) is 21.6 Å². The molecule has 31 heavy (non-hydrogen) atoms. The van der Waals surface area contributed by atoms with Gasteiger partial charge in [0, 0.05) is 17.9 Å². The van der Waals surface area contributed by atoms with Crippen LogP contribution in [0.4, 0.5) is 15.3 Å². The number of imide groups is 1. The summed E-state index contributed by atoms with van der Waals surface area (Å²) in [7, 11) is 0. The van der Waals surface area contributed by atoms with Gasteiger partial charge in [0.1, 0.15) is 10.9 Å². The Bertz CT molecular complexity index is 953. The van der Waals surface area contributed by atoms with Gasteiger partial charge in [-0.2, -0.15) is 0 Å². The van der Waals surface area contributed by atoms with Crippen LogP contribution < -0.4 is 15.4 Å². The van der Waals surface area contributed by atoms with E-state index in [1.807, 2.05) is 13.8 Å². The zero-order valence-corrected chi connectivity index (χ0v) is 19.2. The molecule has 166 valence electrons. The van der Waals surface area contributed by atoms with Gasteiger partial charge in [-0.3, -0.25) is 10.2 Å². The summed E-state index contributed by atoms with van der Waals surface area (Å²) in [6.07, 6.45) is 0.785. The molecule has 2 aromatic rings. The molecule has 2 N–H and O–H groups in total. The van der Waals surface area contributed by atoms with Crippen molar-refractivity contribution in [3.63, 3.8) is 0 Å². The van der Waals surface area contributed by atoms with Crippen LogP contribution in [0.25, 0.3) is 0 Å². The van der Waals surface area contributed by atoms with Gasteiger partial charge >= 0.3 is 12.1 Å². The van der Waals surface area contributed by atoms with E-state index in [2.05, 4.69) is 15.6 Å². The SMILES string of the molecule is CC(C)Oc1ccc(NC2NC(=O)N(C(C)C)C(=O)N2Cc2ccc(Cl)nc2)cc1Cl. The minimum atomic E-state index is -0.793. The Morgan fingerprint density at radius 3 is 2.48 bits per heavy atom. The normalized spacial score (nSPS) is 16.7. The average Bonchev–Trinajstić information content (AvgIpc) is 2.68. The van der Waals surface area contributed by atoms with E-state index in [4.69, 9.17) is 27.9 Å². The highest BCUT2D eigenvalue weighted by molar-refractivity contribution is 6.32. The second kappa shape index (κ2) is 9.62. The van der Waals surface area contributed by atoms with Crippen molar-refractivity contribution >= 4 is 41.0 Å². The summed E-state index contributed by atoms with van der Waals surface area (Å²) < 4.78 is 5.66. The van der Waals surface area contributed by atoms with Crippen molar-refractivity contribution in [2.24, 2.45) is 0 Å². The molecular formula is C21H25Cl2N5O3. The van der Waals surface area contributed by atoms with E-state index in [1.165, 1.54) is 9.80 Å². The number of benzene rings is 1. The number of nitrogens with one attached hydrogen (secondary N) is 2. The number of anilines is 1. The van der Waals surface area contributed by atoms with E-state index in [0.717, 1.165) is 5.56 Å². The summed E-state index contributed by atoms with van der Waals surface area (Å²) in [5, 5.41) is 6.78. The standard InChI is InChI=1S/C21H25Cl2N5O3/c1-12(2)28-20(29)26-19(25-15-6-7-17(16(22)9-15)31-13(3)4)27(21(28)30)11-14-5-8-18(23)24-10-14/h5-10,12-13,19,25H,11H2,1-4H3,(H,26,29). The molecule has 4 amide bonds. The van der Waals surface area contributed by atoms with E-state index in [1.54, 1.807) is 50.4 Å². The summed E-state index contributed by atoms with van der Waals surface area (Å²) in [5.41, 5.74) is 1.39. The van der Waals surface area contributed by atoms with E-state index < -0.39 is 18.4 Å². The van der Waals surface area contributed by atoms with Gasteiger partial charge < -0.3 is 10.1 Å². The highest BCUT2D eigenvalue weighted by atomic mass is 35.5. The number of hydrogen-bond donors (Lipinski definition) is 2. The highest BCUT2D eigenvalue weighted by Gasteiger charge is 2.39. The smallest absolute Gasteiger partial charge is 0.331 e. The Balaban J connectivity index is 1.86. The Kier molecular flexibility index (Phi) is 7.12. The summed E-state index contributed by atoms with van der Waals surface area (Å²) in [4.78, 5) is 32.5. The molecule has 10 heteroatoms. The van der Waals surface area contributed by atoms with Crippen LogP contribution in [0.1, 0.15) is 33.3 Å². The van der Waals surface area contributed by atoms with Crippen molar-refractivity contribution in [1.29, 1.82) is 0 Å². The summed E-state index contributed by atoms with van der Waals surface area (Å²) in [5.74, 6) is 0.557. The molecule has 1 aliphatic heterocycles. The minimum absolute atomic E-state index is 0.0166. The second-order valence-electron chi connectivity index (χ2n) is 7.67. The van der Waals surface area contributed by atoms with Crippen LogP contribution in [0.5, 0.6) is 5.75 Å². The number of aromatic nitrogens is 1. The third-order valence-corrected chi connectivity index (χ3v) is 5.02. The predicted octanol–water partition coefficient (Wildman–Crippen LogP) is 4.93. The van der Waals surface area contributed by atoms with Gasteiger partial charge in [-0.1, -0.05) is 29.3 Å². The number of hydrogen-bond acceptors (Lipinski definition) is 5. The lowest BCUT2D eigenvalue weighted by atomic mass is 10.2. The number of pyridine rings is 1. The number of urea groups is 2. The quantitative estimate of drug-likeness (QED) is 0.566. The predicted molar refractivity (Wildman–Crippen MR) is 120 cm³/mol. The fourth-order valence-corrected chi connectivity index (χ4v) is 3.46. The highest BCUT2D eigenvalue weighted by Crippen LogP contribution is 2.29. The molecule has 1 unspecified atom stereocenters. The topological polar surface area (TPSA) is 86.8 Å². The van der Waals surface area contributed by atoms with E-state index >= 15 is 0 Å². The van der Waals surface area contributed by atoms with Crippen LogP contribution in [0.2, 0.25) is 10.2 Å². The van der Waals surface area contributed by atoms with Crippen molar-refractivity contribution in [2.45, 2.75) is 52.7 Å². The largest absolute Gasteiger partial charge is 0.489 e. The van der Waals surface area contributed by atoms with Gasteiger partial charge in [0.25, 0.3) is 0 Å². The van der Waals surface area contributed by atoms with Crippen molar-refractivity contribution in [2.75, 3.05) is 5.32 Å². The molecule has 0 bridgehead atoms. The number of carbonyl (C=O) groups excluding carboxylic acids is 2. The lowest BCUT2D eigenvalue weighted by Crippen LogP contribution is -2.68. The molecule has 2 heterocycles. The zero-order chi connectivity index (χ0) is 22.7. The lowest BCUT2D eigenvalue weighted by molar-refractivity contribution is 0.0974. The maximum atomic E-state index is 13.2. The fourth-order valence-electron chi connectivity index (χ4n) is 3.12. The van der Waals surface area contributed by atoms with Crippen molar-refractivity contribution < 1.29 is 14.3 Å². The summed E-state index contributed by atoms with van der Waals surface area (Å²) in [6.45, 7) is 7.60. The molecule has 0 spiro atoms. The molecule has 0 aliphatic carbocycles. The van der Waals surface area contributed by atoms with Crippen LogP contribution in [0, 0.1) is 0 Å². The molecule has 1 aromatic carbocycles. The van der Waals surface area contributed by atoms with Gasteiger partial charge in [0.2, 0.25) is 0 Å². The first-order valence-electron chi connectivity index (χ1n) is 9.89. The van der Waals surface area contributed by atoms with E-state index in [-0.39, 0.29) is 18.7 Å². The van der Waals surface area contributed by atoms with Crippen molar-refractivity contribution in [1.82, 2.24) is 20.1 Å². The Morgan fingerprint density at radius 1 is 1.16 bits per heavy atom. The van der Waals surface area contributed by atoms with Crippen LogP contribution in [0.15, 0.2) is 36.5 Å². The number of halogens is 2. The molecule has 8 nitrogen and oxygen atoms in total. The number of amides is 4. The summed E-state index contributed by atoms with van der Waals surface area (Å²) >= 11 is 12.2. The van der Waals surface area contributed by atoms with Crippen LogP contribution in [-0.2, 0) is 6.54 Å². The second-order valence-corrected chi connectivity index (χ2v) is 8.47. The Morgan fingerprint density at radius 2 is 1.90 bits per heavy atom. The minimum Gasteiger partial charge on any atom is -0.489 e. The Hall–Kier alpha value is -2.71. The molecule has 0 radical (unpaired) electrons. The molecular weight excluding hydrogens is 441 g/mol. The Labute approximate surface area is 191 Å². The van der Waals surface area contributed by atoms with Crippen LogP contribution >= 0.6 is 23.2 Å². The van der Waals surface area contributed by atoms with Gasteiger partial charge in [-0.15, -0.1) is 0 Å². The molecule has 3 rings (SSSR count). The van der Waals surface area contributed by atoms with Crippen molar-refractivity contribution in [3.8, 4) is 5.75 Å². The molecule has 1 atom stereocenters. The van der Waals surface area contributed by atoms with E-state index in [9.17, 15) is 9.59 Å². The monoisotopic (exact) mass is 465 g/mol. The number of rotatable bonds is 7. The first-order valence-corrected chi connectivity index (χ1v) is 10.6. The third-order valence-electron chi connectivity index (χ3n) is 4.50. The number of carbonyl (C=O) groups is 2. The molecule has 1 fully saturated rings. The molecule has 1 aliphatic rings. The number of ether oxygens (including phenoxy) is 1.